The second-order valence-electron chi connectivity index (χ2n) is 5.62. The van der Waals surface area contributed by atoms with Crippen molar-refractivity contribution in [3.63, 3.8) is 0 Å². The second kappa shape index (κ2) is 5.83. The molecular weight excluding hydrogens is 268 g/mol. The van der Waals surface area contributed by atoms with Crippen LogP contribution < -0.4 is 5.32 Å². The molecule has 1 aromatic carbocycles. The summed E-state index contributed by atoms with van der Waals surface area (Å²) >= 11 is 0. The van der Waals surface area contributed by atoms with Gasteiger partial charge < -0.3 is 14.6 Å². The number of nitriles is 1. The maximum atomic E-state index is 11.7. The van der Waals surface area contributed by atoms with Gasteiger partial charge in [0.1, 0.15) is 18.0 Å². The van der Waals surface area contributed by atoms with Crippen molar-refractivity contribution in [2.24, 2.45) is 0 Å². The third kappa shape index (κ3) is 3.72. The molecule has 0 unspecified atom stereocenters. The largest absolute Gasteiger partial charge is 0.444 e. The SMILES string of the molecule is CC(C)(C)OC(=O)NCc1nc2ccccc2n1CC#N. The fraction of sp³-hybridized carbons (Fsp3) is 0.400. The van der Waals surface area contributed by atoms with Gasteiger partial charge in [0.2, 0.25) is 0 Å². The number of amides is 1. The quantitative estimate of drug-likeness (QED) is 0.940. The molecule has 6 heteroatoms. The molecule has 0 spiro atoms. The number of carbonyl (C=O) groups excluding carboxylic acids is 1. The molecule has 0 fully saturated rings. The molecule has 2 rings (SSSR count). The van der Waals surface area contributed by atoms with Crippen molar-refractivity contribution in [1.29, 1.82) is 5.26 Å². The highest BCUT2D eigenvalue weighted by Crippen LogP contribution is 2.16. The molecule has 21 heavy (non-hydrogen) atoms. The first kappa shape index (κ1) is 14.9. The fourth-order valence-corrected chi connectivity index (χ4v) is 1.97. The van der Waals surface area contributed by atoms with Crippen LogP contribution in [-0.2, 0) is 17.8 Å². The van der Waals surface area contributed by atoms with E-state index in [1.54, 1.807) is 25.3 Å². The molecule has 0 bridgehead atoms. The lowest BCUT2D eigenvalue weighted by Crippen LogP contribution is -2.32. The van der Waals surface area contributed by atoms with Crippen LogP contribution in [0.4, 0.5) is 4.79 Å². The predicted octanol–water partition coefficient (Wildman–Crippen LogP) is 2.58. The van der Waals surface area contributed by atoms with Crippen LogP contribution in [0.1, 0.15) is 26.6 Å². The first-order valence-corrected chi connectivity index (χ1v) is 6.68. The average Bonchev–Trinajstić information content (AvgIpc) is 2.73. The summed E-state index contributed by atoms with van der Waals surface area (Å²) in [6, 6.07) is 9.66. The summed E-state index contributed by atoms with van der Waals surface area (Å²) < 4.78 is 6.97. The van der Waals surface area contributed by atoms with Crippen LogP contribution in [-0.4, -0.2) is 21.2 Å². The number of rotatable bonds is 3. The Morgan fingerprint density at radius 1 is 1.43 bits per heavy atom. The Kier molecular flexibility index (Phi) is 4.13. The zero-order chi connectivity index (χ0) is 15.5. The zero-order valence-corrected chi connectivity index (χ0v) is 12.4. The zero-order valence-electron chi connectivity index (χ0n) is 12.4. The second-order valence-corrected chi connectivity index (χ2v) is 5.62. The number of imidazole rings is 1. The molecule has 6 nitrogen and oxygen atoms in total. The van der Waals surface area contributed by atoms with E-state index in [0.717, 1.165) is 11.0 Å². The topological polar surface area (TPSA) is 79.9 Å². The molecule has 2 aromatic rings. The number of aromatic nitrogens is 2. The third-order valence-corrected chi connectivity index (χ3v) is 2.75. The first-order chi connectivity index (χ1) is 9.90. The molecule has 110 valence electrons. The minimum absolute atomic E-state index is 0.186. The minimum atomic E-state index is -0.545. The van der Waals surface area contributed by atoms with Gasteiger partial charge in [0.25, 0.3) is 0 Å². The molecular formula is C15H18N4O2. The molecule has 1 amide bonds. The van der Waals surface area contributed by atoms with E-state index in [9.17, 15) is 4.79 Å². The number of nitrogens with one attached hydrogen (secondary N) is 1. The summed E-state index contributed by atoms with van der Waals surface area (Å²) in [5.41, 5.74) is 1.13. The number of fused-ring (bicyclic) bond motifs is 1. The Morgan fingerprint density at radius 2 is 2.14 bits per heavy atom. The molecule has 0 atom stereocenters. The fourth-order valence-electron chi connectivity index (χ4n) is 1.97. The van der Waals surface area contributed by atoms with E-state index in [1.807, 2.05) is 24.3 Å². The van der Waals surface area contributed by atoms with Crippen molar-refractivity contribution in [2.45, 2.75) is 39.5 Å². The van der Waals surface area contributed by atoms with E-state index in [0.29, 0.717) is 5.82 Å². The number of nitrogens with zero attached hydrogens (tertiary/aromatic N) is 3. The Hall–Kier alpha value is -2.55. The van der Waals surface area contributed by atoms with Gasteiger partial charge in [-0.15, -0.1) is 0 Å². The van der Waals surface area contributed by atoms with Crippen molar-refractivity contribution in [1.82, 2.24) is 14.9 Å². The van der Waals surface area contributed by atoms with E-state index >= 15 is 0 Å². The highest BCUT2D eigenvalue weighted by atomic mass is 16.6. The Bertz CT molecular complexity index is 692. The van der Waals surface area contributed by atoms with Gasteiger partial charge in [0, 0.05) is 0 Å². The first-order valence-electron chi connectivity index (χ1n) is 6.68. The van der Waals surface area contributed by atoms with Crippen LogP contribution >= 0.6 is 0 Å². The van der Waals surface area contributed by atoms with Gasteiger partial charge in [-0.05, 0) is 32.9 Å². The number of alkyl carbamates (subject to hydrolysis) is 1. The molecule has 0 saturated heterocycles. The normalized spacial score (nSPS) is 11.1. The average molecular weight is 286 g/mol. The summed E-state index contributed by atoms with van der Waals surface area (Å²) in [5, 5.41) is 11.6. The molecule has 1 aromatic heterocycles. The number of ether oxygens (including phenoxy) is 1. The molecule has 0 aliphatic rings. The van der Waals surface area contributed by atoms with Gasteiger partial charge in [-0.1, -0.05) is 12.1 Å². The van der Waals surface area contributed by atoms with Gasteiger partial charge in [0.05, 0.1) is 23.6 Å². The van der Waals surface area contributed by atoms with Crippen LogP contribution in [0.5, 0.6) is 0 Å². The summed E-state index contributed by atoms with van der Waals surface area (Å²) in [6.07, 6.45) is -0.502. The number of benzene rings is 1. The van der Waals surface area contributed by atoms with Crippen molar-refractivity contribution >= 4 is 17.1 Å². The maximum Gasteiger partial charge on any atom is 0.408 e. The molecule has 0 aliphatic heterocycles. The van der Waals surface area contributed by atoms with Crippen molar-refractivity contribution in [3.05, 3.63) is 30.1 Å². The number of para-hydroxylation sites is 2. The molecule has 0 radical (unpaired) electrons. The van der Waals surface area contributed by atoms with Crippen LogP contribution in [0.2, 0.25) is 0 Å². The number of carbonyl (C=O) groups is 1. The van der Waals surface area contributed by atoms with Gasteiger partial charge in [0.15, 0.2) is 0 Å². The van der Waals surface area contributed by atoms with Crippen LogP contribution in [0.15, 0.2) is 24.3 Å². The standard InChI is InChI=1S/C15H18N4O2/c1-15(2,3)21-14(20)17-10-13-18-11-6-4-5-7-12(11)19(13)9-8-16/h4-7H,9-10H2,1-3H3,(H,17,20). The lowest BCUT2D eigenvalue weighted by molar-refractivity contribution is 0.0522. The van der Waals surface area contributed by atoms with Crippen LogP contribution in [0.25, 0.3) is 11.0 Å². The van der Waals surface area contributed by atoms with Gasteiger partial charge >= 0.3 is 6.09 Å². The van der Waals surface area contributed by atoms with E-state index in [1.165, 1.54) is 0 Å². The summed E-state index contributed by atoms with van der Waals surface area (Å²) in [7, 11) is 0. The third-order valence-electron chi connectivity index (χ3n) is 2.75. The molecule has 1 heterocycles. The van der Waals surface area contributed by atoms with Crippen molar-refractivity contribution in [2.75, 3.05) is 0 Å². The smallest absolute Gasteiger partial charge is 0.408 e. The molecule has 0 aliphatic carbocycles. The summed E-state index contributed by atoms with van der Waals surface area (Å²) in [4.78, 5) is 16.1. The predicted molar refractivity (Wildman–Crippen MR) is 78.4 cm³/mol. The molecule has 0 saturated carbocycles. The van der Waals surface area contributed by atoms with Gasteiger partial charge in [-0.3, -0.25) is 0 Å². The lowest BCUT2D eigenvalue weighted by Gasteiger charge is -2.19. The van der Waals surface area contributed by atoms with E-state index < -0.39 is 11.7 Å². The van der Waals surface area contributed by atoms with Gasteiger partial charge in [-0.25, -0.2) is 9.78 Å². The van der Waals surface area contributed by atoms with Crippen molar-refractivity contribution < 1.29 is 9.53 Å². The van der Waals surface area contributed by atoms with Crippen molar-refractivity contribution in [3.8, 4) is 6.07 Å². The maximum absolute atomic E-state index is 11.7. The van der Waals surface area contributed by atoms with Crippen LogP contribution in [0, 0.1) is 11.3 Å². The Morgan fingerprint density at radius 3 is 2.81 bits per heavy atom. The summed E-state index contributed by atoms with van der Waals surface area (Å²) in [5.74, 6) is 0.628. The number of hydrogen-bond acceptors (Lipinski definition) is 4. The minimum Gasteiger partial charge on any atom is -0.444 e. The summed E-state index contributed by atoms with van der Waals surface area (Å²) in [6.45, 7) is 5.81. The monoisotopic (exact) mass is 286 g/mol. The number of hydrogen-bond donors (Lipinski definition) is 1. The molecule has 1 N–H and O–H groups in total. The van der Waals surface area contributed by atoms with Crippen LogP contribution in [0.3, 0.4) is 0 Å². The lowest BCUT2D eigenvalue weighted by atomic mass is 10.2. The highest BCUT2D eigenvalue weighted by molar-refractivity contribution is 5.76. The Labute approximate surface area is 123 Å². The van der Waals surface area contributed by atoms with E-state index in [-0.39, 0.29) is 13.1 Å². The van der Waals surface area contributed by atoms with E-state index in [2.05, 4.69) is 16.4 Å². The van der Waals surface area contributed by atoms with E-state index in [4.69, 9.17) is 10.00 Å². The highest BCUT2D eigenvalue weighted by Gasteiger charge is 2.17. The van der Waals surface area contributed by atoms with Gasteiger partial charge in [-0.2, -0.15) is 5.26 Å². The Balaban J connectivity index is 2.17.